The third-order valence-corrected chi connectivity index (χ3v) is 5.43. The Morgan fingerprint density at radius 2 is 1.72 bits per heavy atom. The molecule has 0 spiro atoms. The molecule has 0 unspecified atom stereocenters. The standard InChI is InChI=1S/C22H15Cl2F3N4O/c1-12(13-5-3-2-4-6-13)28-21(32)19-18(24)20-29-16(14-7-9-15(23)10-8-14)11-17(22(25,26)27)31(20)30-19/h2-12H,1H3,(H,28,32)/t12-/m0/s1. The van der Waals surface area contributed by atoms with Crippen molar-refractivity contribution in [3.63, 3.8) is 0 Å². The Morgan fingerprint density at radius 1 is 1.06 bits per heavy atom. The summed E-state index contributed by atoms with van der Waals surface area (Å²) in [6.07, 6.45) is -4.76. The van der Waals surface area contributed by atoms with E-state index in [-0.39, 0.29) is 22.1 Å². The predicted octanol–water partition coefficient (Wildman–Crippen LogP) is 6.21. The zero-order valence-corrected chi connectivity index (χ0v) is 18.0. The summed E-state index contributed by atoms with van der Waals surface area (Å²) in [5.74, 6) is -0.710. The second-order valence-corrected chi connectivity index (χ2v) is 7.85. The van der Waals surface area contributed by atoms with Gasteiger partial charge in [0.05, 0.1) is 11.7 Å². The fourth-order valence-electron chi connectivity index (χ4n) is 3.20. The summed E-state index contributed by atoms with van der Waals surface area (Å²) >= 11 is 12.2. The molecule has 0 fully saturated rings. The minimum Gasteiger partial charge on any atom is -0.344 e. The molecule has 2 aromatic carbocycles. The van der Waals surface area contributed by atoms with Crippen LogP contribution in [0.4, 0.5) is 13.2 Å². The fraction of sp³-hybridized carbons (Fsp3) is 0.136. The summed E-state index contributed by atoms with van der Waals surface area (Å²) in [6.45, 7) is 1.75. The van der Waals surface area contributed by atoms with E-state index in [1.54, 1.807) is 19.1 Å². The lowest BCUT2D eigenvalue weighted by atomic mass is 10.1. The first-order valence-electron chi connectivity index (χ1n) is 9.43. The van der Waals surface area contributed by atoms with E-state index in [0.29, 0.717) is 15.1 Å². The van der Waals surface area contributed by atoms with E-state index in [0.717, 1.165) is 11.6 Å². The molecule has 32 heavy (non-hydrogen) atoms. The zero-order chi connectivity index (χ0) is 23.0. The quantitative estimate of drug-likeness (QED) is 0.379. The molecule has 0 saturated carbocycles. The smallest absolute Gasteiger partial charge is 0.344 e. The molecule has 0 aliphatic carbocycles. The van der Waals surface area contributed by atoms with E-state index in [1.165, 1.54) is 12.1 Å². The van der Waals surface area contributed by atoms with Gasteiger partial charge in [-0.15, -0.1) is 0 Å². The molecule has 0 aliphatic heterocycles. The van der Waals surface area contributed by atoms with Crippen LogP contribution in [-0.2, 0) is 6.18 Å². The van der Waals surface area contributed by atoms with Gasteiger partial charge in [-0.05, 0) is 30.7 Å². The maximum Gasteiger partial charge on any atom is 0.433 e. The largest absolute Gasteiger partial charge is 0.433 e. The van der Waals surface area contributed by atoms with Crippen LogP contribution in [0.25, 0.3) is 16.9 Å². The molecule has 2 heterocycles. The lowest BCUT2D eigenvalue weighted by molar-refractivity contribution is -0.142. The van der Waals surface area contributed by atoms with Crippen molar-refractivity contribution in [3.05, 3.63) is 87.7 Å². The van der Waals surface area contributed by atoms with Crippen molar-refractivity contribution in [3.8, 4) is 11.3 Å². The average Bonchev–Trinajstić information content (AvgIpc) is 3.10. The fourth-order valence-corrected chi connectivity index (χ4v) is 3.57. The van der Waals surface area contributed by atoms with E-state index in [1.807, 2.05) is 30.3 Å². The van der Waals surface area contributed by atoms with E-state index in [2.05, 4.69) is 15.4 Å². The van der Waals surface area contributed by atoms with Crippen molar-refractivity contribution in [2.45, 2.75) is 19.1 Å². The molecular weight excluding hydrogens is 464 g/mol. The van der Waals surface area contributed by atoms with Crippen LogP contribution < -0.4 is 5.32 Å². The van der Waals surface area contributed by atoms with Crippen molar-refractivity contribution >= 4 is 34.8 Å². The molecule has 164 valence electrons. The SMILES string of the molecule is C[C@H](NC(=O)c1nn2c(C(F)(F)F)cc(-c3ccc(Cl)cc3)nc2c1Cl)c1ccccc1. The van der Waals surface area contributed by atoms with Gasteiger partial charge in [0.25, 0.3) is 5.91 Å². The number of nitrogens with one attached hydrogen (secondary N) is 1. The van der Waals surface area contributed by atoms with E-state index < -0.39 is 23.8 Å². The van der Waals surface area contributed by atoms with Crippen LogP contribution in [0.1, 0.15) is 34.7 Å². The van der Waals surface area contributed by atoms with Gasteiger partial charge in [-0.25, -0.2) is 9.50 Å². The predicted molar refractivity (Wildman–Crippen MR) is 116 cm³/mol. The molecule has 2 aromatic heterocycles. The topological polar surface area (TPSA) is 59.3 Å². The highest BCUT2D eigenvalue weighted by molar-refractivity contribution is 6.36. The van der Waals surface area contributed by atoms with E-state index in [9.17, 15) is 18.0 Å². The number of carbonyl (C=O) groups is 1. The third kappa shape index (κ3) is 4.28. The number of hydrogen-bond donors (Lipinski definition) is 1. The second-order valence-electron chi connectivity index (χ2n) is 7.04. The molecule has 5 nitrogen and oxygen atoms in total. The summed E-state index contributed by atoms with van der Waals surface area (Å²) in [6, 6.07) is 15.7. The van der Waals surface area contributed by atoms with E-state index in [4.69, 9.17) is 23.2 Å². The van der Waals surface area contributed by atoms with Gasteiger partial charge in [-0.1, -0.05) is 65.7 Å². The van der Waals surface area contributed by atoms with Gasteiger partial charge in [0.15, 0.2) is 17.0 Å². The highest BCUT2D eigenvalue weighted by Gasteiger charge is 2.36. The normalized spacial score (nSPS) is 12.7. The Morgan fingerprint density at radius 3 is 2.34 bits per heavy atom. The number of fused-ring (bicyclic) bond motifs is 1. The van der Waals surface area contributed by atoms with Crippen molar-refractivity contribution in [1.82, 2.24) is 19.9 Å². The summed E-state index contributed by atoms with van der Waals surface area (Å²) in [5, 5.41) is 6.70. The summed E-state index contributed by atoms with van der Waals surface area (Å²) in [4.78, 5) is 17.0. The van der Waals surface area contributed by atoms with E-state index >= 15 is 0 Å². The van der Waals surface area contributed by atoms with Gasteiger partial charge in [-0.2, -0.15) is 18.3 Å². The van der Waals surface area contributed by atoms with Gasteiger partial charge >= 0.3 is 6.18 Å². The van der Waals surface area contributed by atoms with Crippen molar-refractivity contribution in [2.75, 3.05) is 0 Å². The minimum absolute atomic E-state index is 0.0212. The number of carbonyl (C=O) groups excluding carboxylic acids is 1. The molecule has 4 aromatic rings. The Kier molecular flexibility index (Phi) is 5.83. The second kappa shape index (κ2) is 8.44. The van der Waals surface area contributed by atoms with Crippen LogP contribution in [-0.4, -0.2) is 20.5 Å². The van der Waals surface area contributed by atoms with Crippen molar-refractivity contribution < 1.29 is 18.0 Å². The van der Waals surface area contributed by atoms with Crippen LogP contribution in [0.2, 0.25) is 10.0 Å². The maximum atomic E-state index is 13.8. The number of alkyl halides is 3. The van der Waals surface area contributed by atoms with Gasteiger partial charge in [0.2, 0.25) is 0 Å². The summed E-state index contributed by atoms with van der Waals surface area (Å²) < 4.78 is 41.9. The molecule has 1 atom stereocenters. The molecule has 0 saturated heterocycles. The van der Waals surface area contributed by atoms with Crippen LogP contribution >= 0.6 is 23.2 Å². The molecule has 4 rings (SSSR count). The van der Waals surface area contributed by atoms with Crippen LogP contribution in [0.3, 0.4) is 0 Å². The van der Waals surface area contributed by atoms with Crippen LogP contribution in [0, 0.1) is 0 Å². The minimum atomic E-state index is -4.76. The van der Waals surface area contributed by atoms with Gasteiger partial charge in [0, 0.05) is 10.6 Å². The molecule has 0 radical (unpaired) electrons. The number of aromatic nitrogens is 3. The summed E-state index contributed by atoms with van der Waals surface area (Å²) in [5.41, 5.74) is -0.481. The number of rotatable bonds is 4. The lowest BCUT2D eigenvalue weighted by Crippen LogP contribution is -2.27. The highest BCUT2D eigenvalue weighted by atomic mass is 35.5. The Labute approximate surface area is 190 Å². The number of halogens is 5. The van der Waals surface area contributed by atoms with Gasteiger partial charge in [-0.3, -0.25) is 4.79 Å². The van der Waals surface area contributed by atoms with Crippen molar-refractivity contribution in [2.24, 2.45) is 0 Å². The lowest BCUT2D eigenvalue weighted by Gasteiger charge is -2.13. The summed E-state index contributed by atoms with van der Waals surface area (Å²) in [7, 11) is 0. The first-order chi connectivity index (χ1) is 15.1. The van der Waals surface area contributed by atoms with Gasteiger partial charge < -0.3 is 5.32 Å². The number of benzene rings is 2. The molecule has 1 amide bonds. The van der Waals surface area contributed by atoms with Crippen molar-refractivity contribution in [1.29, 1.82) is 0 Å². The molecule has 10 heteroatoms. The molecule has 0 aliphatic rings. The Bertz CT molecular complexity index is 1290. The maximum absolute atomic E-state index is 13.8. The first-order valence-corrected chi connectivity index (χ1v) is 10.2. The first kappa shape index (κ1) is 22.1. The number of hydrogen-bond acceptors (Lipinski definition) is 3. The third-order valence-electron chi connectivity index (χ3n) is 4.83. The Hall–Kier alpha value is -3.10. The average molecular weight is 479 g/mol. The van der Waals surface area contributed by atoms with Crippen LogP contribution in [0.5, 0.6) is 0 Å². The number of nitrogens with zero attached hydrogens (tertiary/aromatic N) is 3. The highest BCUT2D eigenvalue weighted by Crippen LogP contribution is 2.35. The zero-order valence-electron chi connectivity index (χ0n) is 16.5. The molecule has 1 N–H and O–H groups in total. The van der Waals surface area contributed by atoms with Crippen LogP contribution in [0.15, 0.2) is 60.7 Å². The monoisotopic (exact) mass is 478 g/mol. The number of amides is 1. The Balaban J connectivity index is 1.79. The van der Waals surface area contributed by atoms with Gasteiger partial charge in [0.1, 0.15) is 5.02 Å². The molecular formula is C22H15Cl2F3N4O. The molecule has 0 bridgehead atoms.